The number of nitrogens with one attached hydrogen (secondary N) is 1. The zero-order valence-electron chi connectivity index (χ0n) is 25.2. The molecule has 3 heterocycles. The van der Waals surface area contributed by atoms with Crippen molar-refractivity contribution in [2.75, 3.05) is 46.1 Å². The zero-order chi connectivity index (χ0) is 30.6. The number of aliphatic hydroxyl groups is 1. The van der Waals surface area contributed by atoms with Gasteiger partial charge in [-0.05, 0) is 61.2 Å². The molecule has 0 bridgehead atoms. The number of benzene rings is 2. The molecule has 0 aromatic heterocycles. The van der Waals surface area contributed by atoms with E-state index in [1.807, 2.05) is 43.9 Å². The number of imide groups is 1. The predicted octanol–water partition coefficient (Wildman–Crippen LogP) is 3.77. The number of urea groups is 1. The first-order valence-electron chi connectivity index (χ1n) is 15.3. The highest BCUT2D eigenvalue weighted by atomic mass is 16.7. The fourth-order valence-electron chi connectivity index (χ4n) is 6.16. The van der Waals surface area contributed by atoms with E-state index >= 15 is 0 Å². The molecule has 2 aromatic carbocycles. The number of piperazine rings is 1. The first-order chi connectivity index (χ1) is 20.8. The van der Waals surface area contributed by atoms with Gasteiger partial charge in [0.05, 0.1) is 12.6 Å². The monoisotopic (exact) mass is 594 g/mol. The minimum Gasteiger partial charge on any atom is -0.469 e. The summed E-state index contributed by atoms with van der Waals surface area (Å²) in [4.78, 5) is 45.3. The second kappa shape index (κ2) is 13.2. The molecule has 11 nitrogen and oxygen atoms in total. The molecule has 43 heavy (non-hydrogen) atoms. The van der Waals surface area contributed by atoms with Gasteiger partial charge in [-0.2, -0.15) is 0 Å². The maximum absolute atomic E-state index is 13.6. The van der Waals surface area contributed by atoms with Crippen molar-refractivity contribution < 1.29 is 33.7 Å². The average molecular weight is 595 g/mol. The molecule has 0 aliphatic carbocycles. The minimum atomic E-state index is -0.820. The highest BCUT2D eigenvalue weighted by Crippen LogP contribution is 2.46. The van der Waals surface area contributed by atoms with Crippen LogP contribution in [0.3, 0.4) is 0 Å². The number of hydrogen-bond acceptors (Lipinski definition) is 8. The third kappa shape index (κ3) is 6.01. The van der Waals surface area contributed by atoms with E-state index < -0.39 is 17.7 Å². The number of aliphatic hydroxyl groups excluding tert-OH is 1. The van der Waals surface area contributed by atoms with Gasteiger partial charge < -0.3 is 29.5 Å². The van der Waals surface area contributed by atoms with Crippen molar-refractivity contribution >= 4 is 17.8 Å². The van der Waals surface area contributed by atoms with Crippen LogP contribution in [0.2, 0.25) is 0 Å². The van der Waals surface area contributed by atoms with E-state index in [2.05, 4.69) is 10.2 Å². The summed E-state index contributed by atoms with van der Waals surface area (Å²) in [6, 6.07) is 11.7. The molecule has 0 radical (unpaired) electrons. The smallest absolute Gasteiger partial charge is 0.327 e. The number of hydrogen-bond donors (Lipinski definition) is 2. The fourth-order valence-corrected chi connectivity index (χ4v) is 6.16. The number of likely N-dealkylation sites (tertiary alicyclic amines) is 1. The Morgan fingerprint density at radius 2 is 1.72 bits per heavy atom. The van der Waals surface area contributed by atoms with Crippen LogP contribution < -0.4 is 19.5 Å². The summed E-state index contributed by atoms with van der Waals surface area (Å²) in [5.41, 5.74) is 0.599. The molecule has 3 aliphatic heterocycles. The van der Waals surface area contributed by atoms with Crippen LogP contribution in [0.5, 0.6) is 17.2 Å². The lowest BCUT2D eigenvalue weighted by molar-refractivity contribution is -0.191. The third-order valence-electron chi connectivity index (χ3n) is 8.93. The lowest BCUT2D eigenvalue weighted by atomic mass is 9.72. The second-order valence-electron chi connectivity index (χ2n) is 11.3. The molecule has 2 saturated heterocycles. The average Bonchev–Trinajstić information content (AvgIpc) is 3.50. The first-order valence-corrected chi connectivity index (χ1v) is 15.3. The summed E-state index contributed by atoms with van der Waals surface area (Å²) in [5, 5.41) is 12.2. The number of nitrogens with zero attached hydrogens (tertiary/aromatic N) is 3. The Hall–Kier alpha value is -3.83. The Bertz CT molecular complexity index is 1310. The summed E-state index contributed by atoms with van der Waals surface area (Å²) < 4.78 is 17.3. The lowest BCUT2D eigenvalue weighted by Crippen LogP contribution is -2.73. The van der Waals surface area contributed by atoms with E-state index in [9.17, 15) is 14.4 Å². The van der Waals surface area contributed by atoms with Gasteiger partial charge in [-0.15, -0.1) is 0 Å². The van der Waals surface area contributed by atoms with Crippen LogP contribution in [0.4, 0.5) is 4.79 Å². The number of carbonyl (C=O) groups excluding carboxylic acids is 3. The Morgan fingerprint density at radius 3 is 2.37 bits per heavy atom. The molecule has 2 fully saturated rings. The molecular formula is C32H42N4O7. The standard InChI is InChI=1S/C32H42N4O7/c1-4-7-25(23-10-13-26-27(20-23)42-21-41-26)33-31(40)36-29(39)32(5-2,6-3)30(36)43-24-11-8-22(9-12-24)28(38)35-16-14-34(15-17-35)18-19-37/h8-13,20,25,30,37H,4-7,14-19,21H2,1-3H3,(H,33,40)/t25-,30-/m0/s1. The Kier molecular flexibility index (Phi) is 9.41. The van der Waals surface area contributed by atoms with Gasteiger partial charge in [-0.1, -0.05) is 33.3 Å². The molecule has 4 amide bonds. The number of fused-ring (bicyclic) bond motifs is 1. The van der Waals surface area contributed by atoms with Crippen LogP contribution in [0.25, 0.3) is 0 Å². The maximum Gasteiger partial charge on any atom is 0.327 e. The number of ether oxygens (including phenoxy) is 3. The number of rotatable bonds is 11. The number of carbonyl (C=O) groups is 3. The van der Waals surface area contributed by atoms with E-state index in [0.717, 1.165) is 25.1 Å². The van der Waals surface area contributed by atoms with Crippen molar-refractivity contribution in [2.45, 2.75) is 58.7 Å². The summed E-state index contributed by atoms with van der Waals surface area (Å²) >= 11 is 0. The number of amides is 4. The molecule has 2 aromatic rings. The van der Waals surface area contributed by atoms with Crippen molar-refractivity contribution in [1.29, 1.82) is 0 Å². The Labute approximate surface area is 252 Å². The van der Waals surface area contributed by atoms with E-state index in [1.165, 1.54) is 4.90 Å². The molecule has 3 aliphatic rings. The van der Waals surface area contributed by atoms with Gasteiger partial charge in [0.25, 0.3) is 5.91 Å². The zero-order valence-corrected chi connectivity index (χ0v) is 25.2. The first kappa shape index (κ1) is 30.6. The molecule has 0 unspecified atom stereocenters. The fraction of sp³-hybridized carbons (Fsp3) is 0.531. The van der Waals surface area contributed by atoms with Crippen LogP contribution in [-0.4, -0.2) is 90.0 Å². The van der Waals surface area contributed by atoms with Crippen molar-refractivity contribution in [2.24, 2.45) is 5.41 Å². The van der Waals surface area contributed by atoms with Gasteiger partial charge in [0.2, 0.25) is 12.7 Å². The molecule has 0 spiro atoms. The maximum atomic E-state index is 13.6. The molecular weight excluding hydrogens is 552 g/mol. The summed E-state index contributed by atoms with van der Waals surface area (Å²) in [5.74, 6) is 1.47. The van der Waals surface area contributed by atoms with Crippen molar-refractivity contribution in [3.05, 3.63) is 53.6 Å². The largest absolute Gasteiger partial charge is 0.469 e. The van der Waals surface area contributed by atoms with Crippen molar-refractivity contribution in [1.82, 2.24) is 20.0 Å². The molecule has 2 atom stereocenters. The summed E-state index contributed by atoms with van der Waals surface area (Å²) in [7, 11) is 0. The van der Waals surface area contributed by atoms with Crippen LogP contribution in [0.1, 0.15) is 68.4 Å². The molecule has 2 N–H and O–H groups in total. The number of β-lactam (4-membered cyclic amide) rings is 1. The Balaban J connectivity index is 1.28. The van der Waals surface area contributed by atoms with Crippen molar-refractivity contribution in [3.8, 4) is 17.2 Å². The van der Waals surface area contributed by atoms with E-state index in [4.69, 9.17) is 19.3 Å². The summed E-state index contributed by atoms with van der Waals surface area (Å²) in [6.45, 7) is 9.45. The molecule has 5 rings (SSSR count). The predicted molar refractivity (Wildman–Crippen MR) is 159 cm³/mol. The summed E-state index contributed by atoms with van der Waals surface area (Å²) in [6.07, 6.45) is 1.77. The molecule has 11 heteroatoms. The topological polar surface area (TPSA) is 121 Å². The molecule has 232 valence electrons. The second-order valence-corrected chi connectivity index (χ2v) is 11.3. The van der Waals surface area contributed by atoms with Crippen LogP contribution in [0, 0.1) is 5.41 Å². The van der Waals surface area contributed by atoms with Gasteiger partial charge in [-0.3, -0.25) is 14.5 Å². The van der Waals surface area contributed by atoms with Gasteiger partial charge in [0.15, 0.2) is 17.7 Å². The van der Waals surface area contributed by atoms with E-state index in [1.54, 1.807) is 24.3 Å². The van der Waals surface area contributed by atoms with E-state index in [0.29, 0.717) is 61.7 Å². The van der Waals surface area contributed by atoms with Crippen LogP contribution >= 0.6 is 0 Å². The van der Waals surface area contributed by atoms with Gasteiger partial charge in [-0.25, -0.2) is 9.69 Å². The number of β-amino-alcohol motifs (C(OH)–C–C–N with tert-alkyl or cyclic N) is 1. The normalized spacial score (nSPS) is 20.0. The van der Waals surface area contributed by atoms with Gasteiger partial charge in [0, 0.05) is 38.3 Å². The van der Waals surface area contributed by atoms with E-state index in [-0.39, 0.29) is 31.3 Å². The van der Waals surface area contributed by atoms with Gasteiger partial charge >= 0.3 is 6.03 Å². The third-order valence-corrected chi connectivity index (χ3v) is 8.93. The quantitative estimate of drug-likeness (QED) is 0.378. The van der Waals surface area contributed by atoms with Crippen LogP contribution in [0.15, 0.2) is 42.5 Å². The highest BCUT2D eigenvalue weighted by Gasteiger charge is 2.63. The van der Waals surface area contributed by atoms with Gasteiger partial charge in [0.1, 0.15) is 11.2 Å². The lowest BCUT2D eigenvalue weighted by Gasteiger charge is -2.53. The minimum absolute atomic E-state index is 0.0584. The Morgan fingerprint density at radius 1 is 1.02 bits per heavy atom. The highest BCUT2D eigenvalue weighted by molar-refractivity contribution is 6.03. The van der Waals surface area contributed by atoms with Crippen molar-refractivity contribution in [3.63, 3.8) is 0 Å². The molecule has 0 saturated carbocycles. The SMILES string of the molecule is CCC[C@H](NC(=O)N1C(=O)C(CC)(CC)[C@@H]1Oc1ccc(C(=O)N2CCN(CCO)CC2)cc1)c1ccc2c(c1)OCO2. The van der Waals surface area contributed by atoms with Crippen LogP contribution in [-0.2, 0) is 4.79 Å².